The minimum Gasteiger partial charge on any atom is -0.496 e. The van der Waals surface area contributed by atoms with Crippen molar-refractivity contribution in [2.45, 2.75) is 5.92 Å². The van der Waals surface area contributed by atoms with E-state index >= 15 is 0 Å². The van der Waals surface area contributed by atoms with E-state index in [4.69, 9.17) is 20.9 Å². The lowest BCUT2D eigenvalue weighted by Crippen LogP contribution is -2.48. The molecule has 0 atom stereocenters. The van der Waals surface area contributed by atoms with Gasteiger partial charge in [-0.1, -0.05) is 41.0 Å². The van der Waals surface area contributed by atoms with Crippen molar-refractivity contribution < 1.29 is 14.1 Å². The van der Waals surface area contributed by atoms with E-state index in [0.717, 1.165) is 5.56 Å². The van der Waals surface area contributed by atoms with Crippen molar-refractivity contribution in [1.82, 2.24) is 15.0 Å². The summed E-state index contributed by atoms with van der Waals surface area (Å²) in [6.45, 7) is 1.07. The molecule has 1 amide bonds. The van der Waals surface area contributed by atoms with Crippen LogP contribution in [0.2, 0.25) is 5.02 Å². The van der Waals surface area contributed by atoms with Crippen LogP contribution < -0.4 is 4.74 Å². The molecule has 0 N–H and O–H groups in total. The molecule has 1 aliphatic heterocycles. The molecule has 0 unspecified atom stereocenters. The summed E-state index contributed by atoms with van der Waals surface area (Å²) < 4.78 is 10.6. The van der Waals surface area contributed by atoms with Crippen LogP contribution in [0.15, 0.2) is 53.1 Å². The molecule has 3 aromatic rings. The van der Waals surface area contributed by atoms with Gasteiger partial charge in [0.25, 0.3) is 5.91 Å². The van der Waals surface area contributed by atoms with Gasteiger partial charge < -0.3 is 14.2 Å². The zero-order valence-electron chi connectivity index (χ0n) is 14.1. The maximum atomic E-state index is 12.6. The first-order chi connectivity index (χ1) is 12.7. The van der Waals surface area contributed by atoms with Crippen LogP contribution in [0.5, 0.6) is 5.75 Å². The average Bonchev–Trinajstić information content (AvgIpc) is 3.10. The Morgan fingerprint density at radius 2 is 2.04 bits per heavy atom. The molecule has 2 aromatic carbocycles. The summed E-state index contributed by atoms with van der Waals surface area (Å²) in [5.74, 6) is 1.57. The maximum Gasteiger partial charge on any atom is 0.257 e. The van der Waals surface area contributed by atoms with Crippen molar-refractivity contribution in [3.05, 3.63) is 65.0 Å². The van der Waals surface area contributed by atoms with Gasteiger partial charge in [0.05, 0.1) is 18.6 Å². The number of para-hydroxylation sites is 1. The summed E-state index contributed by atoms with van der Waals surface area (Å²) in [5.41, 5.74) is 1.35. The average molecular weight is 370 g/mol. The van der Waals surface area contributed by atoms with E-state index in [1.165, 1.54) is 0 Å². The van der Waals surface area contributed by atoms with Gasteiger partial charge in [0.1, 0.15) is 5.75 Å². The van der Waals surface area contributed by atoms with Crippen LogP contribution in [0, 0.1) is 0 Å². The summed E-state index contributed by atoms with van der Waals surface area (Å²) in [4.78, 5) is 18.8. The van der Waals surface area contributed by atoms with Crippen LogP contribution in [0.25, 0.3) is 11.4 Å². The Morgan fingerprint density at radius 1 is 1.23 bits per heavy atom. The highest BCUT2D eigenvalue weighted by Crippen LogP contribution is 2.30. The van der Waals surface area contributed by atoms with Crippen LogP contribution in [0.1, 0.15) is 22.2 Å². The molecule has 0 aliphatic carbocycles. The van der Waals surface area contributed by atoms with Crippen molar-refractivity contribution >= 4 is 17.5 Å². The number of nitrogens with zero attached hydrogens (tertiary/aromatic N) is 3. The Bertz CT molecular complexity index is 950. The predicted molar refractivity (Wildman–Crippen MR) is 96.4 cm³/mol. The quantitative estimate of drug-likeness (QED) is 0.702. The number of rotatable bonds is 4. The molecule has 1 fully saturated rings. The van der Waals surface area contributed by atoms with Gasteiger partial charge in [0.15, 0.2) is 0 Å². The maximum absolute atomic E-state index is 12.6. The minimum atomic E-state index is -0.0618. The van der Waals surface area contributed by atoms with Crippen molar-refractivity contribution in [2.24, 2.45) is 0 Å². The third-order valence-electron chi connectivity index (χ3n) is 4.38. The van der Waals surface area contributed by atoms with Crippen LogP contribution in [0.3, 0.4) is 0 Å². The van der Waals surface area contributed by atoms with Crippen molar-refractivity contribution in [3.63, 3.8) is 0 Å². The molecule has 0 bridgehead atoms. The summed E-state index contributed by atoms with van der Waals surface area (Å²) >= 11 is 6.00. The number of hydrogen-bond acceptors (Lipinski definition) is 5. The standard InChI is InChI=1S/C19H16ClN3O3/c1-25-16-8-3-2-7-15(16)19(24)23-10-13(11-23)18-21-17(22-26-18)12-5-4-6-14(20)9-12/h2-9,13H,10-11H2,1H3. The summed E-state index contributed by atoms with van der Waals surface area (Å²) in [5, 5.41) is 4.63. The van der Waals surface area contributed by atoms with Gasteiger partial charge in [0.2, 0.25) is 11.7 Å². The first-order valence-electron chi connectivity index (χ1n) is 8.17. The molecule has 132 valence electrons. The molecule has 1 saturated heterocycles. The second-order valence-electron chi connectivity index (χ2n) is 6.07. The van der Waals surface area contributed by atoms with Gasteiger partial charge in [-0.3, -0.25) is 4.79 Å². The Hall–Kier alpha value is -2.86. The number of carbonyl (C=O) groups excluding carboxylic acids is 1. The lowest BCUT2D eigenvalue weighted by molar-refractivity contribution is 0.0566. The monoisotopic (exact) mass is 369 g/mol. The number of amides is 1. The zero-order valence-corrected chi connectivity index (χ0v) is 14.8. The molecule has 0 radical (unpaired) electrons. The van der Waals surface area contributed by atoms with Crippen LogP contribution >= 0.6 is 11.6 Å². The molecule has 1 aromatic heterocycles. The van der Waals surface area contributed by atoms with Crippen molar-refractivity contribution in [3.8, 4) is 17.1 Å². The second kappa shape index (κ2) is 6.80. The van der Waals surface area contributed by atoms with E-state index < -0.39 is 0 Å². The van der Waals surface area contributed by atoms with Crippen LogP contribution in [-0.2, 0) is 0 Å². The molecule has 0 saturated carbocycles. The van der Waals surface area contributed by atoms with Gasteiger partial charge in [-0.15, -0.1) is 0 Å². The second-order valence-corrected chi connectivity index (χ2v) is 6.51. The fourth-order valence-electron chi connectivity index (χ4n) is 2.94. The molecule has 6 nitrogen and oxygen atoms in total. The molecule has 4 rings (SSSR count). The van der Waals surface area contributed by atoms with Crippen molar-refractivity contribution in [1.29, 1.82) is 0 Å². The number of ether oxygens (including phenoxy) is 1. The summed E-state index contributed by atoms with van der Waals surface area (Å²) in [6.07, 6.45) is 0. The van der Waals surface area contributed by atoms with E-state index in [2.05, 4.69) is 10.1 Å². The normalized spacial score (nSPS) is 14.2. The number of halogens is 1. The topological polar surface area (TPSA) is 68.5 Å². The first-order valence-corrected chi connectivity index (χ1v) is 8.55. The lowest BCUT2D eigenvalue weighted by atomic mass is 9.98. The molecule has 1 aliphatic rings. The Kier molecular flexibility index (Phi) is 4.34. The number of methoxy groups -OCH3 is 1. The highest BCUT2D eigenvalue weighted by Gasteiger charge is 2.36. The third-order valence-corrected chi connectivity index (χ3v) is 4.62. The fourth-order valence-corrected chi connectivity index (χ4v) is 3.13. The Balaban J connectivity index is 1.44. The molecular formula is C19H16ClN3O3. The number of hydrogen-bond donors (Lipinski definition) is 0. The van der Waals surface area contributed by atoms with E-state index in [0.29, 0.717) is 41.1 Å². The number of benzene rings is 2. The summed E-state index contributed by atoms with van der Waals surface area (Å²) in [7, 11) is 1.56. The van der Waals surface area contributed by atoms with Crippen molar-refractivity contribution in [2.75, 3.05) is 20.2 Å². The molecule has 0 spiro atoms. The molecule has 2 heterocycles. The van der Waals surface area contributed by atoms with E-state index in [1.807, 2.05) is 24.3 Å². The van der Waals surface area contributed by atoms with Gasteiger partial charge in [0, 0.05) is 23.7 Å². The first kappa shape index (κ1) is 16.6. The smallest absolute Gasteiger partial charge is 0.257 e. The molecular weight excluding hydrogens is 354 g/mol. The highest BCUT2D eigenvalue weighted by atomic mass is 35.5. The minimum absolute atomic E-state index is 0.0362. The van der Waals surface area contributed by atoms with Gasteiger partial charge in [-0.05, 0) is 24.3 Å². The SMILES string of the molecule is COc1ccccc1C(=O)N1CC(c2nc(-c3cccc(Cl)c3)no2)C1. The van der Waals surface area contributed by atoms with Crippen LogP contribution in [-0.4, -0.2) is 41.1 Å². The van der Waals surface area contributed by atoms with Crippen LogP contribution in [0.4, 0.5) is 0 Å². The van der Waals surface area contributed by atoms with Gasteiger partial charge >= 0.3 is 0 Å². The van der Waals surface area contributed by atoms with Gasteiger partial charge in [-0.2, -0.15) is 4.98 Å². The lowest BCUT2D eigenvalue weighted by Gasteiger charge is -2.37. The van der Waals surface area contributed by atoms with E-state index in [1.54, 1.807) is 36.3 Å². The van der Waals surface area contributed by atoms with E-state index in [-0.39, 0.29) is 11.8 Å². The Morgan fingerprint density at radius 3 is 2.81 bits per heavy atom. The van der Waals surface area contributed by atoms with E-state index in [9.17, 15) is 4.79 Å². The number of carbonyl (C=O) groups is 1. The molecule has 7 heteroatoms. The molecule has 26 heavy (non-hydrogen) atoms. The zero-order chi connectivity index (χ0) is 18.1. The third kappa shape index (κ3) is 3.04. The predicted octanol–water partition coefficient (Wildman–Crippen LogP) is 3.64. The fraction of sp³-hybridized carbons (Fsp3) is 0.211. The number of likely N-dealkylation sites (tertiary alicyclic amines) is 1. The largest absolute Gasteiger partial charge is 0.496 e. The summed E-state index contributed by atoms with van der Waals surface area (Å²) in [6, 6.07) is 14.5. The van der Waals surface area contributed by atoms with Gasteiger partial charge in [-0.25, -0.2) is 0 Å². The number of aromatic nitrogens is 2. The Labute approximate surface area is 155 Å². The highest BCUT2D eigenvalue weighted by molar-refractivity contribution is 6.30.